The lowest BCUT2D eigenvalue weighted by molar-refractivity contribution is 0.614. The Kier molecular flexibility index (Phi) is 1.47. The van der Waals surface area contributed by atoms with Crippen LogP contribution in [-0.2, 0) is 0 Å². The zero-order valence-corrected chi connectivity index (χ0v) is 9.84. The van der Waals surface area contributed by atoms with E-state index in [2.05, 4.69) is 0 Å². The third kappa shape index (κ3) is 0.993. The van der Waals surface area contributed by atoms with Crippen LogP contribution in [-0.4, -0.2) is 0 Å². The SMILES string of the molecule is c1cc2c(ccc3c4occc4c4ccoc4c23)o1. The van der Waals surface area contributed by atoms with E-state index in [1.807, 2.05) is 30.3 Å². The van der Waals surface area contributed by atoms with Crippen molar-refractivity contribution in [2.45, 2.75) is 0 Å². The molecule has 0 aliphatic carbocycles. The predicted molar refractivity (Wildman–Crippen MR) is 73.3 cm³/mol. The molecule has 0 bridgehead atoms. The van der Waals surface area contributed by atoms with E-state index in [0.717, 1.165) is 43.7 Å². The molecule has 0 saturated heterocycles. The highest BCUT2D eigenvalue weighted by Crippen LogP contribution is 2.39. The molecule has 0 atom stereocenters. The molecule has 0 N–H and O–H groups in total. The van der Waals surface area contributed by atoms with Crippen molar-refractivity contribution >= 4 is 43.7 Å². The second kappa shape index (κ2) is 3.01. The monoisotopic (exact) mass is 248 g/mol. The van der Waals surface area contributed by atoms with Crippen molar-refractivity contribution in [2.24, 2.45) is 0 Å². The number of benzene rings is 2. The summed E-state index contributed by atoms with van der Waals surface area (Å²) in [6, 6.07) is 9.91. The van der Waals surface area contributed by atoms with Gasteiger partial charge in [0, 0.05) is 26.9 Å². The maximum atomic E-state index is 5.70. The minimum atomic E-state index is 0.858. The van der Waals surface area contributed by atoms with E-state index in [0.29, 0.717) is 0 Å². The van der Waals surface area contributed by atoms with Crippen LogP contribution in [0.3, 0.4) is 0 Å². The van der Waals surface area contributed by atoms with Crippen molar-refractivity contribution in [1.29, 1.82) is 0 Å². The van der Waals surface area contributed by atoms with Gasteiger partial charge in [-0.25, -0.2) is 0 Å². The molecular weight excluding hydrogens is 240 g/mol. The highest BCUT2D eigenvalue weighted by atomic mass is 16.3. The van der Waals surface area contributed by atoms with Crippen LogP contribution in [0.1, 0.15) is 0 Å². The van der Waals surface area contributed by atoms with Crippen LogP contribution in [0.25, 0.3) is 43.7 Å². The molecule has 0 unspecified atom stereocenters. The summed E-state index contributed by atoms with van der Waals surface area (Å²) < 4.78 is 16.8. The van der Waals surface area contributed by atoms with E-state index >= 15 is 0 Å². The molecule has 0 spiro atoms. The van der Waals surface area contributed by atoms with Crippen molar-refractivity contribution in [3.8, 4) is 0 Å². The van der Waals surface area contributed by atoms with Gasteiger partial charge in [0.05, 0.1) is 18.8 Å². The van der Waals surface area contributed by atoms with Crippen LogP contribution in [0.5, 0.6) is 0 Å². The Bertz CT molecular complexity index is 1060. The van der Waals surface area contributed by atoms with E-state index in [1.54, 1.807) is 18.8 Å². The molecule has 0 aliphatic rings. The zero-order chi connectivity index (χ0) is 12.4. The molecule has 0 aliphatic heterocycles. The van der Waals surface area contributed by atoms with Gasteiger partial charge in [0.25, 0.3) is 0 Å². The summed E-state index contributed by atoms with van der Waals surface area (Å²) in [6.45, 7) is 0. The fraction of sp³-hybridized carbons (Fsp3) is 0. The fourth-order valence-corrected chi connectivity index (χ4v) is 2.92. The average Bonchev–Trinajstić information content (AvgIpc) is 3.17. The summed E-state index contributed by atoms with van der Waals surface area (Å²) in [5, 5.41) is 5.31. The quantitative estimate of drug-likeness (QED) is 0.383. The molecule has 2 aromatic carbocycles. The second-order valence-corrected chi connectivity index (χ2v) is 4.65. The molecule has 3 heteroatoms. The summed E-state index contributed by atoms with van der Waals surface area (Å²) >= 11 is 0. The van der Waals surface area contributed by atoms with Crippen LogP contribution in [0.4, 0.5) is 0 Å². The van der Waals surface area contributed by atoms with Gasteiger partial charge in [-0.3, -0.25) is 0 Å². The second-order valence-electron chi connectivity index (χ2n) is 4.65. The first-order chi connectivity index (χ1) is 9.43. The Labute approximate surface area is 107 Å². The number of hydrogen-bond donors (Lipinski definition) is 0. The number of hydrogen-bond acceptors (Lipinski definition) is 3. The lowest BCUT2D eigenvalue weighted by atomic mass is 10.0. The third-order valence-corrected chi connectivity index (χ3v) is 3.73. The maximum absolute atomic E-state index is 5.70. The van der Waals surface area contributed by atoms with E-state index < -0.39 is 0 Å². The first kappa shape index (κ1) is 9.28. The van der Waals surface area contributed by atoms with Gasteiger partial charge in [0.1, 0.15) is 16.7 Å². The minimum absolute atomic E-state index is 0.858. The van der Waals surface area contributed by atoms with Gasteiger partial charge in [-0.05, 0) is 30.3 Å². The number of rotatable bonds is 0. The first-order valence-corrected chi connectivity index (χ1v) is 6.10. The van der Waals surface area contributed by atoms with Gasteiger partial charge in [-0.15, -0.1) is 0 Å². The summed E-state index contributed by atoms with van der Waals surface area (Å²) in [5.41, 5.74) is 2.64. The van der Waals surface area contributed by atoms with Gasteiger partial charge in [-0.1, -0.05) is 0 Å². The van der Waals surface area contributed by atoms with E-state index in [-0.39, 0.29) is 0 Å². The van der Waals surface area contributed by atoms with Crippen LogP contribution < -0.4 is 0 Å². The van der Waals surface area contributed by atoms with Crippen molar-refractivity contribution in [3.05, 3.63) is 49.1 Å². The van der Waals surface area contributed by atoms with E-state index in [1.165, 1.54) is 0 Å². The highest BCUT2D eigenvalue weighted by Gasteiger charge is 2.16. The van der Waals surface area contributed by atoms with Gasteiger partial charge in [-0.2, -0.15) is 0 Å². The van der Waals surface area contributed by atoms with Crippen molar-refractivity contribution < 1.29 is 13.3 Å². The van der Waals surface area contributed by atoms with Gasteiger partial charge < -0.3 is 13.3 Å². The normalized spacial score (nSPS) is 12.2. The van der Waals surface area contributed by atoms with Gasteiger partial charge >= 0.3 is 0 Å². The standard InChI is InChI=1S/C16H8O3/c1-2-13-11(5-6-17-13)14-12(1)15-9(3-7-18-15)10-4-8-19-16(10)14/h1-8H. The first-order valence-electron chi connectivity index (χ1n) is 6.10. The van der Waals surface area contributed by atoms with Crippen molar-refractivity contribution in [3.63, 3.8) is 0 Å². The third-order valence-electron chi connectivity index (χ3n) is 3.73. The Morgan fingerprint density at radius 2 is 1.21 bits per heavy atom. The molecule has 0 saturated carbocycles. The Morgan fingerprint density at radius 3 is 2.11 bits per heavy atom. The molecule has 0 fully saturated rings. The van der Waals surface area contributed by atoms with Crippen LogP contribution >= 0.6 is 0 Å². The molecule has 0 amide bonds. The molecule has 3 heterocycles. The van der Waals surface area contributed by atoms with Crippen molar-refractivity contribution in [1.82, 2.24) is 0 Å². The molecule has 0 radical (unpaired) electrons. The lowest BCUT2D eigenvalue weighted by Gasteiger charge is -2.02. The molecule has 5 rings (SSSR count). The molecule has 3 nitrogen and oxygen atoms in total. The van der Waals surface area contributed by atoms with E-state index in [9.17, 15) is 0 Å². The summed E-state index contributed by atoms with van der Waals surface area (Å²) in [7, 11) is 0. The maximum Gasteiger partial charge on any atom is 0.143 e. The Morgan fingerprint density at radius 1 is 0.526 bits per heavy atom. The van der Waals surface area contributed by atoms with Crippen molar-refractivity contribution in [2.75, 3.05) is 0 Å². The smallest absolute Gasteiger partial charge is 0.143 e. The molecule has 90 valence electrons. The number of fused-ring (bicyclic) bond motifs is 8. The average molecular weight is 248 g/mol. The predicted octanol–water partition coefficient (Wildman–Crippen LogP) is 5.08. The number of furan rings is 3. The Hall–Kier alpha value is -2.68. The van der Waals surface area contributed by atoms with Gasteiger partial charge in [0.15, 0.2) is 0 Å². The van der Waals surface area contributed by atoms with Crippen LogP contribution in [0.2, 0.25) is 0 Å². The summed E-state index contributed by atoms with van der Waals surface area (Å²) in [4.78, 5) is 0. The van der Waals surface area contributed by atoms with Crippen LogP contribution in [0, 0.1) is 0 Å². The summed E-state index contributed by atoms with van der Waals surface area (Å²) in [6.07, 6.45) is 5.14. The highest BCUT2D eigenvalue weighted by molar-refractivity contribution is 6.28. The zero-order valence-electron chi connectivity index (χ0n) is 9.84. The molecule has 5 aromatic rings. The topological polar surface area (TPSA) is 39.4 Å². The lowest BCUT2D eigenvalue weighted by Crippen LogP contribution is -1.77. The fourth-order valence-electron chi connectivity index (χ4n) is 2.92. The molecule has 19 heavy (non-hydrogen) atoms. The summed E-state index contributed by atoms with van der Waals surface area (Å²) in [5.74, 6) is 0. The minimum Gasteiger partial charge on any atom is -0.464 e. The molecular formula is C16H8O3. The molecule has 3 aromatic heterocycles. The van der Waals surface area contributed by atoms with Gasteiger partial charge in [0.2, 0.25) is 0 Å². The largest absolute Gasteiger partial charge is 0.464 e. The van der Waals surface area contributed by atoms with Crippen LogP contribution in [0.15, 0.2) is 62.4 Å². The van der Waals surface area contributed by atoms with E-state index in [4.69, 9.17) is 13.3 Å². The Balaban J connectivity index is 2.30.